The molecular weight excluding hydrogens is 298 g/mol. The summed E-state index contributed by atoms with van der Waals surface area (Å²) in [5.74, 6) is 0.828. The van der Waals surface area contributed by atoms with E-state index in [4.69, 9.17) is 0 Å². The van der Waals surface area contributed by atoms with E-state index in [0.29, 0.717) is 5.92 Å². The van der Waals surface area contributed by atoms with E-state index in [0.717, 1.165) is 30.6 Å². The predicted octanol–water partition coefficient (Wildman–Crippen LogP) is 3.20. The lowest BCUT2D eigenvalue weighted by atomic mass is 10.1. The molecule has 2 fully saturated rings. The average molecular weight is 325 g/mol. The van der Waals surface area contributed by atoms with E-state index in [9.17, 15) is 4.79 Å². The molecule has 0 N–H and O–H groups in total. The lowest BCUT2D eigenvalue weighted by molar-refractivity contribution is 0.0782. The van der Waals surface area contributed by atoms with Gasteiger partial charge in [0.2, 0.25) is 0 Å². The third-order valence-electron chi connectivity index (χ3n) is 5.51. The number of aromatic nitrogens is 1. The largest absolute Gasteiger partial charge is 0.338 e. The molecule has 2 aromatic heterocycles. The van der Waals surface area contributed by atoms with E-state index in [1.165, 1.54) is 44.5 Å². The maximum Gasteiger partial charge on any atom is 0.255 e. The van der Waals surface area contributed by atoms with Crippen molar-refractivity contribution in [3.8, 4) is 0 Å². The number of pyridine rings is 1. The number of aryl methyl sites for hydroxylation is 1. The normalized spacial score (nSPS) is 22.4. The van der Waals surface area contributed by atoms with Crippen LogP contribution in [0.25, 0.3) is 5.52 Å². The minimum atomic E-state index is 0.185. The molecule has 2 aliphatic heterocycles. The van der Waals surface area contributed by atoms with Crippen molar-refractivity contribution in [1.82, 2.24) is 14.2 Å². The van der Waals surface area contributed by atoms with Crippen molar-refractivity contribution < 1.29 is 4.79 Å². The average Bonchev–Trinajstić information content (AvgIpc) is 3.20. The molecule has 2 saturated heterocycles. The van der Waals surface area contributed by atoms with Gasteiger partial charge in [0.25, 0.3) is 5.91 Å². The van der Waals surface area contributed by atoms with Crippen LogP contribution in [0.5, 0.6) is 0 Å². The van der Waals surface area contributed by atoms with Crippen molar-refractivity contribution in [2.24, 2.45) is 5.92 Å². The van der Waals surface area contributed by atoms with Crippen LogP contribution in [-0.2, 0) is 0 Å². The number of nitrogens with zero attached hydrogens (tertiary/aromatic N) is 3. The van der Waals surface area contributed by atoms with Crippen LogP contribution in [0, 0.1) is 12.8 Å². The first-order chi connectivity index (χ1) is 11.7. The first-order valence-electron chi connectivity index (χ1n) is 9.29. The third-order valence-corrected chi connectivity index (χ3v) is 5.51. The van der Waals surface area contributed by atoms with Crippen LogP contribution in [0.15, 0.2) is 30.6 Å². The summed E-state index contributed by atoms with van der Waals surface area (Å²) in [4.78, 5) is 17.5. The highest BCUT2D eigenvalue weighted by Gasteiger charge is 2.28. The summed E-state index contributed by atoms with van der Waals surface area (Å²) in [6, 6.07) is 6.15. The molecule has 0 radical (unpaired) electrons. The van der Waals surface area contributed by atoms with Gasteiger partial charge >= 0.3 is 0 Å². The first kappa shape index (κ1) is 15.7. The summed E-state index contributed by atoms with van der Waals surface area (Å²) in [6.07, 6.45) is 9.26. The third kappa shape index (κ3) is 3.20. The highest BCUT2D eigenvalue weighted by Crippen LogP contribution is 2.22. The van der Waals surface area contributed by atoms with Crippen LogP contribution in [-0.4, -0.2) is 52.8 Å². The summed E-state index contributed by atoms with van der Waals surface area (Å²) in [5.41, 5.74) is 3.17. The Morgan fingerprint density at radius 3 is 2.79 bits per heavy atom. The van der Waals surface area contributed by atoms with E-state index in [1.807, 2.05) is 23.2 Å². The van der Waals surface area contributed by atoms with E-state index < -0.39 is 0 Å². The fraction of sp³-hybridized carbons (Fsp3) is 0.550. The number of hydrogen-bond donors (Lipinski definition) is 0. The lowest BCUT2D eigenvalue weighted by Gasteiger charge is -2.29. The second-order valence-electron chi connectivity index (χ2n) is 7.53. The summed E-state index contributed by atoms with van der Waals surface area (Å²) < 4.78 is 2.06. The molecule has 4 heteroatoms. The Balaban J connectivity index is 1.40. The molecule has 4 nitrogen and oxygen atoms in total. The number of rotatable bonds is 3. The Labute approximate surface area is 144 Å². The van der Waals surface area contributed by atoms with Crippen molar-refractivity contribution in [3.05, 3.63) is 41.7 Å². The predicted molar refractivity (Wildman–Crippen MR) is 96.4 cm³/mol. The first-order valence-corrected chi connectivity index (χ1v) is 9.29. The molecule has 0 aliphatic carbocycles. The highest BCUT2D eigenvalue weighted by molar-refractivity contribution is 5.94. The molecule has 2 aromatic rings. The molecule has 1 atom stereocenters. The second-order valence-corrected chi connectivity index (χ2v) is 7.53. The van der Waals surface area contributed by atoms with E-state index in [2.05, 4.69) is 28.5 Å². The highest BCUT2D eigenvalue weighted by atomic mass is 16.2. The Morgan fingerprint density at radius 2 is 1.96 bits per heavy atom. The molecule has 24 heavy (non-hydrogen) atoms. The molecule has 0 unspecified atom stereocenters. The van der Waals surface area contributed by atoms with Crippen LogP contribution >= 0.6 is 0 Å². The number of carbonyl (C=O) groups excluding carboxylic acids is 1. The van der Waals surface area contributed by atoms with Crippen molar-refractivity contribution >= 4 is 11.4 Å². The summed E-state index contributed by atoms with van der Waals surface area (Å²) in [7, 11) is 0. The van der Waals surface area contributed by atoms with Gasteiger partial charge in [0, 0.05) is 37.5 Å². The molecule has 0 aromatic carbocycles. The zero-order valence-electron chi connectivity index (χ0n) is 14.6. The monoisotopic (exact) mass is 325 g/mol. The van der Waals surface area contributed by atoms with Crippen molar-refractivity contribution in [1.29, 1.82) is 0 Å². The number of hydrogen-bond acceptors (Lipinski definition) is 2. The van der Waals surface area contributed by atoms with Gasteiger partial charge in [-0.15, -0.1) is 0 Å². The minimum Gasteiger partial charge on any atom is -0.338 e. The molecule has 128 valence electrons. The van der Waals surface area contributed by atoms with Crippen LogP contribution in [0.3, 0.4) is 0 Å². The van der Waals surface area contributed by atoms with E-state index >= 15 is 0 Å². The molecule has 4 heterocycles. The number of likely N-dealkylation sites (tertiary alicyclic amines) is 2. The summed E-state index contributed by atoms with van der Waals surface area (Å²) >= 11 is 0. The van der Waals surface area contributed by atoms with E-state index in [1.54, 1.807) is 0 Å². The summed E-state index contributed by atoms with van der Waals surface area (Å²) in [6.45, 7) is 7.56. The number of piperidine rings is 1. The Bertz CT molecular complexity index is 730. The van der Waals surface area contributed by atoms with Crippen LogP contribution in [0.4, 0.5) is 0 Å². The second kappa shape index (κ2) is 6.60. The van der Waals surface area contributed by atoms with E-state index in [-0.39, 0.29) is 5.91 Å². The van der Waals surface area contributed by atoms with Gasteiger partial charge in [0.15, 0.2) is 0 Å². The number of fused-ring (bicyclic) bond motifs is 1. The lowest BCUT2D eigenvalue weighted by Crippen LogP contribution is -2.36. The van der Waals surface area contributed by atoms with Gasteiger partial charge in [0.05, 0.1) is 5.56 Å². The van der Waals surface area contributed by atoms with Crippen LogP contribution < -0.4 is 0 Å². The van der Waals surface area contributed by atoms with Gasteiger partial charge in [-0.2, -0.15) is 0 Å². The van der Waals surface area contributed by atoms with Crippen LogP contribution in [0.2, 0.25) is 0 Å². The van der Waals surface area contributed by atoms with Gasteiger partial charge in [0.1, 0.15) is 0 Å². The zero-order chi connectivity index (χ0) is 16.5. The van der Waals surface area contributed by atoms with Crippen molar-refractivity contribution in [2.45, 2.75) is 32.6 Å². The standard InChI is InChI=1S/C20H27N3O/c1-16-11-19-6-5-18(15-23(19)12-16)20(24)22-10-7-17(14-22)13-21-8-3-2-4-9-21/h5-6,11-12,15,17H,2-4,7-10,13-14H2,1H3/t17-/m1/s1. The van der Waals surface area contributed by atoms with Gasteiger partial charge < -0.3 is 14.2 Å². The zero-order valence-corrected chi connectivity index (χ0v) is 14.6. The fourth-order valence-electron chi connectivity index (χ4n) is 4.24. The van der Waals surface area contributed by atoms with Crippen LogP contribution in [0.1, 0.15) is 41.6 Å². The van der Waals surface area contributed by atoms with Crippen molar-refractivity contribution in [2.75, 3.05) is 32.7 Å². The number of carbonyl (C=O) groups is 1. The van der Waals surface area contributed by atoms with Gasteiger partial charge in [-0.1, -0.05) is 6.42 Å². The maximum atomic E-state index is 12.8. The maximum absolute atomic E-state index is 12.8. The molecule has 0 spiro atoms. The van der Waals surface area contributed by atoms with Crippen molar-refractivity contribution in [3.63, 3.8) is 0 Å². The topological polar surface area (TPSA) is 28.0 Å². The molecule has 0 bridgehead atoms. The summed E-state index contributed by atoms with van der Waals surface area (Å²) in [5, 5.41) is 0. The molecule has 4 rings (SSSR count). The Morgan fingerprint density at radius 1 is 1.12 bits per heavy atom. The molecule has 0 saturated carbocycles. The minimum absolute atomic E-state index is 0.185. The Hall–Kier alpha value is -1.81. The number of amides is 1. The van der Waals surface area contributed by atoms with Gasteiger partial charge in [-0.3, -0.25) is 4.79 Å². The quantitative estimate of drug-likeness (QED) is 0.867. The smallest absolute Gasteiger partial charge is 0.255 e. The SMILES string of the molecule is Cc1cc2ccc(C(=O)N3CC[C@H](CN4CCCCC4)C3)cn2c1. The molecule has 1 amide bonds. The van der Waals surface area contributed by atoms with Gasteiger partial charge in [-0.05, 0) is 69.0 Å². The fourth-order valence-corrected chi connectivity index (χ4v) is 4.24. The Kier molecular flexibility index (Phi) is 4.31. The molecule has 2 aliphatic rings. The molecular formula is C20H27N3O. The van der Waals surface area contributed by atoms with Gasteiger partial charge in [-0.25, -0.2) is 0 Å².